The average Bonchev–Trinajstić information content (AvgIpc) is 3.20. The maximum absolute atomic E-state index is 13.5. The highest BCUT2D eigenvalue weighted by Crippen LogP contribution is 2.66. The van der Waals surface area contributed by atoms with Crippen LogP contribution in [0.3, 0.4) is 0 Å². The second-order valence-corrected chi connectivity index (χ2v) is 9.48. The SMILES string of the molecule is COc1cc2c(cc1OC)[C@@]13CCN4CC5=CCOC6CC(=O)N2C1[C@H]6[C@@H]5C[C@@H]43. The second kappa shape index (κ2) is 5.35. The van der Waals surface area contributed by atoms with E-state index in [2.05, 4.69) is 21.9 Å². The summed E-state index contributed by atoms with van der Waals surface area (Å²) in [4.78, 5) is 18.3. The first-order valence-electron chi connectivity index (χ1n) is 10.8. The molecule has 6 nitrogen and oxygen atoms in total. The number of anilines is 1. The van der Waals surface area contributed by atoms with E-state index in [9.17, 15) is 4.79 Å². The molecule has 7 rings (SSSR count). The van der Waals surface area contributed by atoms with Gasteiger partial charge < -0.3 is 19.1 Å². The van der Waals surface area contributed by atoms with E-state index in [1.165, 1.54) is 12.0 Å². The van der Waals surface area contributed by atoms with Crippen LogP contribution >= 0.6 is 0 Å². The van der Waals surface area contributed by atoms with Gasteiger partial charge in [-0.05, 0) is 36.9 Å². The Hall–Kier alpha value is -2.05. The minimum absolute atomic E-state index is 0.0242. The second-order valence-electron chi connectivity index (χ2n) is 9.48. The summed E-state index contributed by atoms with van der Waals surface area (Å²) >= 11 is 0. The van der Waals surface area contributed by atoms with Gasteiger partial charge in [-0.15, -0.1) is 0 Å². The van der Waals surface area contributed by atoms with Crippen LogP contribution in [-0.2, 0) is 14.9 Å². The Morgan fingerprint density at radius 3 is 2.86 bits per heavy atom. The molecule has 3 saturated heterocycles. The summed E-state index contributed by atoms with van der Waals surface area (Å²) in [6, 6.07) is 4.87. The van der Waals surface area contributed by atoms with Crippen LogP contribution in [-0.4, -0.2) is 62.9 Å². The Bertz CT molecular complexity index is 974. The molecule has 2 unspecified atom stereocenters. The molecular weight excluding hydrogens is 368 g/mol. The van der Waals surface area contributed by atoms with Gasteiger partial charge >= 0.3 is 0 Å². The van der Waals surface area contributed by atoms with E-state index in [1.807, 2.05) is 6.07 Å². The van der Waals surface area contributed by atoms with Crippen molar-refractivity contribution in [3.05, 3.63) is 29.3 Å². The number of piperidine rings is 2. The Balaban J connectivity index is 1.52. The Morgan fingerprint density at radius 1 is 1.21 bits per heavy atom. The van der Waals surface area contributed by atoms with Crippen LogP contribution in [0.25, 0.3) is 0 Å². The van der Waals surface area contributed by atoms with Gasteiger partial charge in [-0.1, -0.05) is 11.6 Å². The van der Waals surface area contributed by atoms with Crippen molar-refractivity contribution in [1.82, 2.24) is 4.90 Å². The Morgan fingerprint density at radius 2 is 2.03 bits per heavy atom. The van der Waals surface area contributed by atoms with Gasteiger partial charge in [-0.3, -0.25) is 9.69 Å². The van der Waals surface area contributed by atoms with E-state index in [-0.39, 0.29) is 23.5 Å². The summed E-state index contributed by atoms with van der Waals surface area (Å²) in [5.41, 5.74) is 3.85. The van der Waals surface area contributed by atoms with Crippen LogP contribution in [0.5, 0.6) is 11.5 Å². The van der Waals surface area contributed by atoms with Gasteiger partial charge in [-0.2, -0.15) is 0 Å². The first-order chi connectivity index (χ1) is 14.2. The van der Waals surface area contributed by atoms with Crippen molar-refractivity contribution in [2.24, 2.45) is 11.8 Å². The number of ether oxygens (including phenoxy) is 3. The van der Waals surface area contributed by atoms with E-state index >= 15 is 0 Å². The zero-order valence-electron chi connectivity index (χ0n) is 16.9. The van der Waals surface area contributed by atoms with Crippen LogP contribution < -0.4 is 14.4 Å². The number of carbonyl (C=O) groups is 1. The molecule has 1 amide bonds. The first kappa shape index (κ1) is 16.7. The zero-order chi connectivity index (χ0) is 19.5. The molecule has 4 fully saturated rings. The van der Waals surface area contributed by atoms with E-state index in [4.69, 9.17) is 14.2 Å². The van der Waals surface area contributed by atoms with Gasteiger partial charge in [0.15, 0.2) is 11.5 Å². The maximum Gasteiger partial charge on any atom is 0.229 e. The summed E-state index contributed by atoms with van der Waals surface area (Å²) in [5.74, 6) is 2.57. The van der Waals surface area contributed by atoms with Crippen molar-refractivity contribution in [2.45, 2.75) is 42.9 Å². The van der Waals surface area contributed by atoms with Crippen molar-refractivity contribution in [1.29, 1.82) is 0 Å². The summed E-state index contributed by atoms with van der Waals surface area (Å²) in [5, 5.41) is 0. The fourth-order valence-corrected chi connectivity index (χ4v) is 7.87. The lowest BCUT2D eigenvalue weighted by atomic mass is 9.53. The summed E-state index contributed by atoms with van der Waals surface area (Å²) in [7, 11) is 3.36. The number of nitrogens with zero attached hydrogens (tertiary/aromatic N) is 2. The number of hydrogen-bond acceptors (Lipinski definition) is 5. The predicted octanol–water partition coefficient (Wildman–Crippen LogP) is 2.11. The average molecular weight is 394 g/mol. The van der Waals surface area contributed by atoms with Gasteiger partial charge in [0.1, 0.15) is 0 Å². The first-order valence-corrected chi connectivity index (χ1v) is 10.8. The predicted molar refractivity (Wildman–Crippen MR) is 107 cm³/mol. The lowest BCUT2D eigenvalue weighted by Gasteiger charge is -2.58. The third-order valence-corrected chi connectivity index (χ3v) is 8.81. The number of rotatable bonds is 2. The Kier molecular flexibility index (Phi) is 3.08. The molecule has 1 aromatic carbocycles. The van der Waals surface area contributed by atoms with Gasteiger partial charge in [0.05, 0.1) is 45.1 Å². The van der Waals surface area contributed by atoms with Crippen LogP contribution in [0.2, 0.25) is 0 Å². The fourth-order valence-electron chi connectivity index (χ4n) is 7.87. The molecule has 5 heterocycles. The molecule has 0 aromatic heterocycles. The molecule has 1 aromatic rings. The molecule has 29 heavy (non-hydrogen) atoms. The highest BCUT2D eigenvalue weighted by atomic mass is 16.5. The highest BCUT2D eigenvalue weighted by Gasteiger charge is 2.71. The zero-order valence-corrected chi connectivity index (χ0v) is 16.9. The number of hydrogen-bond donors (Lipinski definition) is 0. The van der Waals surface area contributed by atoms with E-state index in [1.54, 1.807) is 19.8 Å². The lowest BCUT2D eigenvalue weighted by molar-refractivity contribution is -0.132. The topological polar surface area (TPSA) is 51.2 Å². The number of amides is 1. The molecule has 1 saturated carbocycles. The smallest absolute Gasteiger partial charge is 0.229 e. The number of benzene rings is 1. The van der Waals surface area contributed by atoms with E-state index in [0.29, 0.717) is 36.7 Å². The monoisotopic (exact) mass is 394 g/mol. The lowest BCUT2D eigenvalue weighted by Crippen LogP contribution is -2.69. The van der Waals surface area contributed by atoms with Crippen LogP contribution in [0, 0.1) is 11.8 Å². The number of fused-ring (bicyclic) bond motifs is 2. The third-order valence-electron chi connectivity index (χ3n) is 8.81. The normalized spacial score (nSPS) is 41.0. The molecule has 1 spiro atoms. The highest BCUT2D eigenvalue weighted by molar-refractivity contribution is 5.99. The standard InChI is InChI=1S/C23H26N2O4/c1-27-16-8-14-15(9-17(16)28-2)25-20(26)10-18-21-13-7-19-23(14,22(21)25)4-5-24(19)11-12(13)3-6-29-18/h3,8-9,13,18-19,21-22H,4-7,10-11H2,1-2H3/t13-,18?,19-,21+,22?,23-/m1/s1. The van der Waals surface area contributed by atoms with Gasteiger partial charge in [0.25, 0.3) is 0 Å². The molecule has 0 radical (unpaired) electrons. The van der Waals surface area contributed by atoms with Crippen molar-refractivity contribution >= 4 is 11.6 Å². The van der Waals surface area contributed by atoms with E-state index in [0.717, 1.165) is 30.9 Å². The molecule has 6 atom stereocenters. The largest absolute Gasteiger partial charge is 0.493 e. The molecular formula is C23H26N2O4. The van der Waals surface area contributed by atoms with Gasteiger partial charge in [0, 0.05) is 30.0 Å². The van der Waals surface area contributed by atoms with E-state index < -0.39 is 0 Å². The van der Waals surface area contributed by atoms with Crippen molar-refractivity contribution in [3.63, 3.8) is 0 Å². The third kappa shape index (κ3) is 1.76. The molecule has 5 aliphatic heterocycles. The van der Waals surface area contributed by atoms with Gasteiger partial charge in [0.2, 0.25) is 5.91 Å². The number of methoxy groups -OCH3 is 2. The van der Waals surface area contributed by atoms with Crippen LogP contribution in [0.4, 0.5) is 5.69 Å². The molecule has 0 N–H and O–H groups in total. The van der Waals surface area contributed by atoms with Crippen molar-refractivity contribution in [3.8, 4) is 11.5 Å². The van der Waals surface area contributed by atoms with Crippen molar-refractivity contribution < 1.29 is 19.0 Å². The molecule has 1 aliphatic carbocycles. The van der Waals surface area contributed by atoms with Crippen molar-refractivity contribution in [2.75, 3.05) is 38.8 Å². The Labute approximate surface area is 170 Å². The molecule has 2 bridgehead atoms. The minimum Gasteiger partial charge on any atom is -0.493 e. The summed E-state index contributed by atoms with van der Waals surface area (Å²) < 4.78 is 17.6. The van der Waals surface area contributed by atoms with Gasteiger partial charge in [-0.25, -0.2) is 0 Å². The number of carbonyl (C=O) groups excluding carboxylic acids is 1. The molecule has 6 heteroatoms. The summed E-state index contributed by atoms with van der Waals surface area (Å²) in [6.45, 7) is 2.80. The summed E-state index contributed by atoms with van der Waals surface area (Å²) in [6.07, 6.45) is 5.11. The molecule has 152 valence electrons. The molecule has 6 aliphatic rings. The van der Waals surface area contributed by atoms with Crippen LogP contribution in [0.1, 0.15) is 24.8 Å². The fraction of sp³-hybridized carbons (Fsp3) is 0.609. The quantitative estimate of drug-likeness (QED) is 0.719. The van der Waals surface area contributed by atoms with Crippen LogP contribution in [0.15, 0.2) is 23.8 Å². The maximum atomic E-state index is 13.5. The minimum atomic E-state index is -0.0242.